The summed E-state index contributed by atoms with van der Waals surface area (Å²) in [5.74, 6) is 0.718. The summed E-state index contributed by atoms with van der Waals surface area (Å²) in [7, 11) is 3.11. The van der Waals surface area contributed by atoms with Crippen molar-refractivity contribution in [1.29, 1.82) is 0 Å². The molecule has 3 aromatic rings. The summed E-state index contributed by atoms with van der Waals surface area (Å²) >= 11 is 0. The number of ether oxygens (including phenoxy) is 2. The van der Waals surface area contributed by atoms with E-state index in [9.17, 15) is 14.4 Å². The van der Waals surface area contributed by atoms with E-state index in [0.29, 0.717) is 58.8 Å². The standard InChI is InChI=1S/C30H28N2O5/c1-18(33)32-24-14-12-21(30(35)19-8-5-4-6-9-19)16-23(24)31-22-10-7-11-25(34)28(22)29(32)20-13-15-26(36-2)27(17-20)37-3/h4-6,8-9,12-17,29,31H,7,10-11H2,1-3H3/t29-/m0/s1. The Morgan fingerprint density at radius 2 is 1.65 bits per heavy atom. The van der Waals surface area contributed by atoms with Crippen molar-refractivity contribution in [3.8, 4) is 11.5 Å². The Morgan fingerprint density at radius 3 is 2.35 bits per heavy atom. The van der Waals surface area contributed by atoms with Crippen LogP contribution in [0.3, 0.4) is 0 Å². The molecule has 1 atom stereocenters. The van der Waals surface area contributed by atoms with Crippen LogP contribution in [-0.4, -0.2) is 31.7 Å². The number of methoxy groups -OCH3 is 2. The van der Waals surface area contributed by atoms with Gasteiger partial charge in [-0.05, 0) is 48.7 Å². The van der Waals surface area contributed by atoms with Crippen molar-refractivity contribution in [2.45, 2.75) is 32.2 Å². The summed E-state index contributed by atoms with van der Waals surface area (Å²) in [5, 5.41) is 3.43. The molecule has 7 heteroatoms. The molecule has 0 fully saturated rings. The van der Waals surface area contributed by atoms with Crippen LogP contribution >= 0.6 is 0 Å². The minimum Gasteiger partial charge on any atom is -0.493 e. The molecule has 3 aromatic carbocycles. The van der Waals surface area contributed by atoms with Gasteiger partial charge in [0.15, 0.2) is 23.1 Å². The van der Waals surface area contributed by atoms with E-state index in [2.05, 4.69) is 5.32 Å². The Morgan fingerprint density at radius 1 is 0.892 bits per heavy atom. The molecule has 2 aliphatic rings. The number of rotatable bonds is 5. The van der Waals surface area contributed by atoms with Crippen LogP contribution < -0.4 is 19.7 Å². The number of hydrogen-bond acceptors (Lipinski definition) is 6. The second-order valence-electron chi connectivity index (χ2n) is 9.13. The van der Waals surface area contributed by atoms with E-state index in [4.69, 9.17) is 9.47 Å². The zero-order chi connectivity index (χ0) is 26.1. The number of nitrogens with one attached hydrogen (secondary N) is 1. The van der Waals surface area contributed by atoms with Crippen molar-refractivity contribution >= 4 is 28.8 Å². The Hall–Kier alpha value is -4.39. The van der Waals surface area contributed by atoms with Gasteiger partial charge in [-0.15, -0.1) is 0 Å². The molecule has 1 aliphatic heterocycles. The number of Topliss-reactive ketones (excluding diaryl/α,β-unsaturated/α-hetero) is 1. The van der Waals surface area contributed by atoms with E-state index in [1.807, 2.05) is 30.3 Å². The van der Waals surface area contributed by atoms with Crippen LogP contribution in [0.25, 0.3) is 0 Å². The minimum atomic E-state index is -0.662. The quantitative estimate of drug-likeness (QED) is 0.472. The van der Waals surface area contributed by atoms with Crippen molar-refractivity contribution in [3.05, 3.63) is 94.7 Å². The predicted octanol–water partition coefficient (Wildman–Crippen LogP) is 5.46. The summed E-state index contributed by atoms with van der Waals surface area (Å²) in [5.41, 5.74) is 4.34. The molecule has 0 spiro atoms. The Labute approximate surface area is 215 Å². The highest BCUT2D eigenvalue weighted by Gasteiger charge is 2.39. The molecule has 0 bridgehead atoms. The lowest BCUT2D eigenvalue weighted by molar-refractivity contribution is -0.117. The molecule has 5 rings (SSSR count). The van der Waals surface area contributed by atoms with Crippen LogP contribution in [0.4, 0.5) is 11.4 Å². The van der Waals surface area contributed by atoms with Gasteiger partial charge < -0.3 is 14.8 Å². The highest BCUT2D eigenvalue weighted by molar-refractivity contribution is 6.11. The molecule has 0 saturated carbocycles. The van der Waals surface area contributed by atoms with Gasteiger partial charge in [0.25, 0.3) is 0 Å². The molecular weight excluding hydrogens is 468 g/mol. The van der Waals surface area contributed by atoms with Gasteiger partial charge in [0.2, 0.25) is 5.91 Å². The van der Waals surface area contributed by atoms with Crippen LogP contribution in [0.5, 0.6) is 11.5 Å². The first-order valence-electron chi connectivity index (χ1n) is 12.2. The summed E-state index contributed by atoms with van der Waals surface area (Å²) in [6, 6.07) is 19.1. The second-order valence-corrected chi connectivity index (χ2v) is 9.13. The van der Waals surface area contributed by atoms with Crippen LogP contribution in [-0.2, 0) is 9.59 Å². The molecular formula is C30H28N2O5. The van der Waals surface area contributed by atoms with E-state index in [0.717, 1.165) is 11.3 Å². The van der Waals surface area contributed by atoms with Crippen molar-refractivity contribution in [2.75, 3.05) is 24.4 Å². The third-order valence-electron chi connectivity index (χ3n) is 6.89. The van der Waals surface area contributed by atoms with Gasteiger partial charge in [-0.2, -0.15) is 0 Å². The van der Waals surface area contributed by atoms with Crippen molar-refractivity contribution in [2.24, 2.45) is 0 Å². The van der Waals surface area contributed by atoms with Crippen LogP contribution in [0.1, 0.15) is 53.7 Å². The molecule has 0 unspecified atom stereocenters. The van der Waals surface area contributed by atoms with Gasteiger partial charge in [0.1, 0.15) is 0 Å². The average Bonchev–Trinajstić information content (AvgIpc) is 3.07. The molecule has 0 aromatic heterocycles. The molecule has 1 amide bonds. The summed E-state index contributed by atoms with van der Waals surface area (Å²) in [6.07, 6.45) is 1.78. The van der Waals surface area contributed by atoms with Gasteiger partial charge in [-0.1, -0.05) is 36.4 Å². The topological polar surface area (TPSA) is 84.9 Å². The van der Waals surface area contributed by atoms with E-state index in [-0.39, 0.29) is 17.5 Å². The van der Waals surface area contributed by atoms with Gasteiger partial charge >= 0.3 is 0 Å². The number of amides is 1. The number of anilines is 2. The number of benzene rings is 3. The molecule has 0 saturated heterocycles. The number of nitrogens with zero attached hydrogens (tertiary/aromatic N) is 1. The van der Waals surface area contributed by atoms with Crippen LogP contribution in [0.2, 0.25) is 0 Å². The third-order valence-corrected chi connectivity index (χ3v) is 6.89. The highest BCUT2D eigenvalue weighted by Crippen LogP contribution is 2.46. The van der Waals surface area contributed by atoms with Crippen molar-refractivity contribution in [3.63, 3.8) is 0 Å². The third kappa shape index (κ3) is 4.37. The molecule has 7 nitrogen and oxygen atoms in total. The Balaban J connectivity index is 1.70. The average molecular weight is 497 g/mol. The number of hydrogen-bond donors (Lipinski definition) is 1. The van der Waals surface area contributed by atoms with Crippen LogP contribution in [0.15, 0.2) is 78.0 Å². The largest absolute Gasteiger partial charge is 0.493 e. The van der Waals surface area contributed by atoms with E-state index >= 15 is 0 Å². The number of ketones is 2. The monoisotopic (exact) mass is 496 g/mol. The fraction of sp³-hybridized carbons (Fsp3) is 0.233. The fourth-order valence-electron chi connectivity index (χ4n) is 5.18. The number of fused-ring (bicyclic) bond motifs is 1. The zero-order valence-corrected chi connectivity index (χ0v) is 21.0. The normalized spacial score (nSPS) is 16.8. The molecule has 37 heavy (non-hydrogen) atoms. The maximum atomic E-state index is 13.4. The minimum absolute atomic E-state index is 0.00632. The van der Waals surface area contributed by atoms with Gasteiger partial charge in [-0.25, -0.2) is 0 Å². The summed E-state index contributed by atoms with van der Waals surface area (Å²) in [6.45, 7) is 1.49. The summed E-state index contributed by atoms with van der Waals surface area (Å²) in [4.78, 5) is 41.4. The summed E-state index contributed by atoms with van der Waals surface area (Å²) < 4.78 is 10.9. The smallest absolute Gasteiger partial charge is 0.224 e. The number of carbonyl (C=O) groups excluding carboxylic acids is 3. The fourth-order valence-corrected chi connectivity index (χ4v) is 5.18. The Kier molecular flexibility index (Phi) is 6.53. The molecule has 0 radical (unpaired) electrons. The lowest BCUT2D eigenvalue weighted by atomic mass is 9.85. The van der Waals surface area contributed by atoms with Gasteiger partial charge in [0.05, 0.1) is 31.6 Å². The highest BCUT2D eigenvalue weighted by atomic mass is 16.5. The zero-order valence-electron chi connectivity index (χ0n) is 21.0. The first kappa shape index (κ1) is 24.3. The molecule has 1 heterocycles. The molecule has 1 aliphatic carbocycles. The lowest BCUT2D eigenvalue weighted by Crippen LogP contribution is -2.36. The van der Waals surface area contributed by atoms with Gasteiger partial charge in [0, 0.05) is 35.7 Å². The van der Waals surface area contributed by atoms with E-state index < -0.39 is 6.04 Å². The molecule has 1 N–H and O–H groups in total. The first-order valence-corrected chi connectivity index (χ1v) is 12.2. The molecule has 188 valence electrons. The van der Waals surface area contributed by atoms with Crippen LogP contribution in [0, 0.1) is 0 Å². The second kappa shape index (κ2) is 9.93. The van der Waals surface area contributed by atoms with E-state index in [1.54, 1.807) is 55.5 Å². The lowest BCUT2D eigenvalue weighted by Gasteiger charge is -2.33. The maximum Gasteiger partial charge on any atom is 0.224 e. The SMILES string of the molecule is COc1ccc([C@H]2C3=C(CCCC3=O)Nc3cc(C(=O)c4ccccc4)ccc3N2C(C)=O)cc1OC. The first-order chi connectivity index (χ1) is 17.9. The number of allylic oxidation sites excluding steroid dienone is 1. The van der Waals surface area contributed by atoms with E-state index in [1.165, 1.54) is 6.92 Å². The number of carbonyl (C=O) groups is 3. The van der Waals surface area contributed by atoms with Crippen molar-refractivity contribution in [1.82, 2.24) is 0 Å². The Bertz CT molecular complexity index is 1430. The maximum absolute atomic E-state index is 13.4. The van der Waals surface area contributed by atoms with Gasteiger partial charge in [-0.3, -0.25) is 19.3 Å². The predicted molar refractivity (Wildman–Crippen MR) is 141 cm³/mol. The van der Waals surface area contributed by atoms with Crippen molar-refractivity contribution < 1.29 is 23.9 Å².